The van der Waals surface area contributed by atoms with Gasteiger partial charge in [-0.25, -0.2) is 0 Å². The molecule has 10 heteroatoms. The van der Waals surface area contributed by atoms with E-state index < -0.39 is 24.1 Å². The molecule has 0 N–H and O–H groups in total. The Morgan fingerprint density at radius 3 is 0.773 bits per heavy atom. The summed E-state index contributed by atoms with van der Waals surface area (Å²) in [5.74, 6) is 0. The summed E-state index contributed by atoms with van der Waals surface area (Å²) in [7, 11) is -6.49. The van der Waals surface area contributed by atoms with Gasteiger partial charge in [0, 0.05) is 0 Å². The molecule has 0 radical (unpaired) electrons. The van der Waals surface area contributed by atoms with E-state index in [1.807, 2.05) is 20.8 Å². The molecule has 0 bridgehead atoms. The summed E-state index contributed by atoms with van der Waals surface area (Å²) in [6.07, 6.45) is 2.16. The second kappa shape index (κ2) is 19.8. The first-order chi connectivity index (χ1) is 9.54. The third-order valence-electron chi connectivity index (χ3n) is 2.85. The van der Waals surface area contributed by atoms with Gasteiger partial charge in [-0.1, -0.05) is 34.5 Å². The van der Waals surface area contributed by atoms with Gasteiger partial charge in [0.2, 0.25) is 0 Å². The van der Waals surface area contributed by atoms with E-state index in [9.17, 15) is 28.4 Å². The van der Waals surface area contributed by atoms with Crippen molar-refractivity contribution in [1.29, 1.82) is 0 Å². The quantitative estimate of drug-likeness (QED) is 0.509. The minimum atomic E-state index is -2.16. The Bertz CT molecular complexity index is 270. The Kier molecular flexibility index (Phi) is 27.5. The summed E-state index contributed by atoms with van der Waals surface area (Å²) in [5, 5.41) is 0. The van der Waals surface area contributed by atoms with Crippen molar-refractivity contribution in [3.63, 3.8) is 0 Å². The van der Waals surface area contributed by atoms with Crippen LogP contribution in [-0.2, 0) is 13.7 Å². The zero-order chi connectivity index (χ0) is 17.6. The number of hydrogen-bond acceptors (Lipinski definition) is 6. The normalized spacial score (nSPS) is 15.4. The number of rotatable bonds is 6. The van der Waals surface area contributed by atoms with Gasteiger partial charge in [-0.15, -0.1) is 0 Å². The molecule has 0 heterocycles. The van der Waals surface area contributed by atoms with Crippen LogP contribution in [0, 0.1) is 0 Å². The van der Waals surface area contributed by atoms with Crippen LogP contribution >= 0.6 is 24.1 Å². The van der Waals surface area contributed by atoms with Crippen molar-refractivity contribution in [3.05, 3.63) is 0 Å². The molecule has 126 valence electrons. The fourth-order valence-corrected chi connectivity index (χ4v) is 1.34. The Hall–Kier alpha value is 0.712. The molecule has 6 nitrogen and oxygen atoms in total. The van der Waals surface area contributed by atoms with Crippen LogP contribution in [0.5, 0.6) is 0 Å². The summed E-state index contributed by atoms with van der Waals surface area (Å²) in [5.41, 5.74) is -0.431. The van der Waals surface area contributed by atoms with Crippen molar-refractivity contribution in [2.45, 2.75) is 77.8 Å². The molecule has 6 atom stereocenters. The zero-order valence-corrected chi connectivity index (χ0v) is 18.1. The second-order valence-corrected chi connectivity index (χ2v) is 8.98. The standard InChI is InChI=1S/3C4H9O2P.Al/c3*1-3-4(2)7(5)6;/h3*4H,3H2,1-2H3;/q;;;+3. The van der Waals surface area contributed by atoms with Crippen molar-refractivity contribution in [2.24, 2.45) is 0 Å². The molecule has 0 saturated carbocycles. The summed E-state index contributed by atoms with van der Waals surface area (Å²) in [6, 6.07) is 0. The molecular weight excluding hydrogens is 360 g/mol. The largest absolute Gasteiger partial charge is 3.00 e. The van der Waals surface area contributed by atoms with E-state index in [0.29, 0.717) is 0 Å². The molecular formula is C12H27AlO6P3+3. The molecule has 0 rings (SSSR count). The first kappa shape index (κ1) is 30.6. The smallest absolute Gasteiger partial charge is 0.595 e. The van der Waals surface area contributed by atoms with Crippen molar-refractivity contribution in [2.75, 3.05) is 0 Å². The molecule has 0 aliphatic carbocycles. The van der Waals surface area contributed by atoms with E-state index in [1.165, 1.54) is 0 Å². The molecule has 0 fully saturated rings. The first-order valence-electron chi connectivity index (χ1n) is 6.95. The van der Waals surface area contributed by atoms with Gasteiger partial charge in [0.05, 0.1) is 0 Å². The monoisotopic (exact) mass is 387 g/mol. The Morgan fingerprint density at radius 1 is 0.636 bits per heavy atom. The molecule has 0 spiro atoms. The molecule has 0 aromatic carbocycles. The molecule has 0 aromatic heterocycles. The van der Waals surface area contributed by atoms with Crippen LogP contribution in [0.1, 0.15) is 60.8 Å². The van der Waals surface area contributed by atoms with Crippen molar-refractivity contribution in [3.8, 4) is 0 Å². The Morgan fingerprint density at radius 2 is 0.773 bits per heavy atom. The van der Waals surface area contributed by atoms with Gasteiger partial charge in [0.15, 0.2) is 0 Å². The minimum absolute atomic E-state index is 0. The second-order valence-electron chi connectivity index (χ2n) is 4.63. The fourth-order valence-electron chi connectivity index (χ4n) is 0.447. The van der Waals surface area contributed by atoms with E-state index in [0.717, 1.165) is 19.3 Å². The predicted octanol–water partition coefficient (Wildman–Crippen LogP) is 2.28. The zero-order valence-electron chi connectivity index (χ0n) is 14.2. The van der Waals surface area contributed by atoms with Crippen LogP contribution in [0.2, 0.25) is 0 Å². The predicted molar refractivity (Wildman–Crippen MR) is 87.8 cm³/mol. The van der Waals surface area contributed by atoms with Gasteiger partial charge in [-0.2, -0.15) is 0 Å². The van der Waals surface area contributed by atoms with Crippen LogP contribution in [-0.4, -0.2) is 34.3 Å². The Labute approximate surface area is 147 Å². The average molecular weight is 387 g/mol. The van der Waals surface area contributed by atoms with E-state index >= 15 is 0 Å². The summed E-state index contributed by atoms with van der Waals surface area (Å²) in [6.45, 7) is 10.7. The van der Waals surface area contributed by atoms with Gasteiger partial charge >= 0.3 is 41.4 Å². The third kappa shape index (κ3) is 23.0. The maximum Gasteiger partial charge on any atom is 3.00 e. The summed E-state index contributed by atoms with van der Waals surface area (Å²) < 4.78 is 29.9. The van der Waals surface area contributed by atoms with Gasteiger partial charge in [0.1, 0.15) is 17.0 Å². The van der Waals surface area contributed by atoms with Gasteiger partial charge < -0.3 is 14.7 Å². The molecule has 6 unspecified atom stereocenters. The molecule has 0 aromatic rings. The van der Waals surface area contributed by atoms with E-state index in [1.54, 1.807) is 20.8 Å². The Balaban J connectivity index is -0.000000108. The van der Waals surface area contributed by atoms with Crippen LogP contribution in [0.4, 0.5) is 0 Å². The maximum absolute atomic E-state index is 9.97. The topological polar surface area (TPSA) is 120 Å². The van der Waals surface area contributed by atoms with Crippen LogP contribution < -0.4 is 14.7 Å². The SMILES string of the molecule is CCC(C)[P+](=O)[O-].CCC(C)[P+](=O)[O-].CCC(C)[P+](=O)[O-].[Al+3]. The number of hydrogen-bond donors (Lipinski definition) is 0. The summed E-state index contributed by atoms with van der Waals surface area (Å²) >= 11 is 0. The van der Waals surface area contributed by atoms with E-state index in [4.69, 9.17) is 0 Å². The van der Waals surface area contributed by atoms with Crippen LogP contribution in [0.25, 0.3) is 0 Å². The molecule has 0 amide bonds. The van der Waals surface area contributed by atoms with Crippen LogP contribution in [0.15, 0.2) is 0 Å². The van der Waals surface area contributed by atoms with Crippen molar-refractivity contribution >= 4 is 41.4 Å². The molecule has 0 saturated heterocycles. The van der Waals surface area contributed by atoms with Gasteiger partial charge in [0.25, 0.3) is 0 Å². The molecule has 22 heavy (non-hydrogen) atoms. The summed E-state index contributed by atoms with van der Waals surface area (Å²) in [4.78, 5) is 29.9. The van der Waals surface area contributed by atoms with E-state index in [-0.39, 0.29) is 34.3 Å². The van der Waals surface area contributed by atoms with Gasteiger partial charge in [-0.3, -0.25) is 0 Å². The first-order valence-corrected chi connectivity index (χ1v) is 10.7. The van der Waals surface area contributed by atoms with Gasteiger partial charge in [-0.05, 0) is 40.0 Å². The maximum atomic E-state index is 9.97. The fraction of sp³-hybridized carbons (Fsp3) is 1.00. The van der Waals surface area contributed by atoms with Crippen molar-refractivity contribution in [1.82, 2.24) is 0 Å². The van der Waals surface area contributed by atoms with Crippen LogP contribution in [0.3, 0.4) is 0 Å². The third-order valence-corrected chi connectivity index (χ3v) is 6.11. The van der Waals surface area contributed by atoms with Crippen molar-refractivity contribution < 1.29 is 28.4 Å². The molecule has 0 aliphatic rings. The minimum Gasteiger partial charge on any atom is -0.595 e. The molecule has 0 aliphatic heterocycles. The average Bonchev–Trinajstić information content (AvgIpc) is 2.45. The van der Waals surface area contributed by atoms with E-state index in [2.05, 4.69) is 0 Å².